The van der Waals surface area contributed by atoms with Gasteiger partial charge in [-0.15, -0.1) is 0 Å². The lowest BCUT2D eigenvalue weighted by molar-refractivity contribution is 0.0562. The molecule has 1 aromatic carbocycles. The van der Waals surface area contributed by atoms with Crippen molar-refractivity contribution >= 4 is 5.91 Å². The molecule has 138 valence electrons. The van der Waals surface area contributed by atoms with Crippen molar-refractivity contribution in [2.75, 3.05) is 19.7 Å². The monoisotopic (exact) mass is 365 g/mol. The van der Waals surface area contributed by atoms with Crippen LogP contribution in [0.1, 0.15) is 33.7 Å². The highest BCUT2D eigenvalue weighted by Gasteiger charge is 2.36. The Morgan fingerprint density at radius 2 is 2.22 bits per heavy atom. The zero-order chi connectivity index (χ0) is 18.6. The standard InChI is InChI=1S/C19H19N5O3/c1-13-3-2-4-15(9-13)26-8-5-17-22-18(27-23-17)14-11-24(12-14)19(25)16-10-20-6-7-21-16/h2-4,6-7,9-10,14H,5,8,11-12H2,1H3. The second-order valence-corrected chi connectivity index (χ2v) is 6.46. The third-order valence-electron chi connectivity index (χ3n) is 4.37. The molecule has 4 rings (SSSR count). The number of amides is 1. The highest BCUT2D eigenvalue weighted by Crippen LogP contribution is 2.26. The van der Waals surface area contributed by atoms with Crippen LogP contribution in [0.3, 0.4) is 0 Å². The summed E-state index contributed by atoms with van der Waals surface area (Å²) in [6.45, 7) is 3.58. The van der Waals surface area contributed by atoms with E-state index in [2.05, 4.69) is 20.1 Å². The molecule has 1 aliphatic heterocycles. The minimum Gasteiger partial charge on any atom is -0.493 e. The van der Waals surface area contributed by atoms with Gasteiger partial charge in [0.1, 0.15) is 11.4 Å². The third-order valence-corrected chi connectivity index (χ3v) is 4.37. The van der Waals surface area contributed by atoms with Gasteiger partial charge in [-0.2, -0.15) is 4.98 Å². The molecular weight excluding hydrogens is 346 g/mol. The summed E-state index contributed by atoms with van der Waals surface area (Å²) in [7, 11) is 0. The summed E-state index contributed by atoms with van der Waals surface area (Å²) in [5.74, 6) is 1.92. The van der Waals surface area contributed by atoms with Crippen LogP contribution in [0.15, 0.2) is 47.4 Å². The molecule has 1 aliphatic rings. The van der Waals surface area contributed by atoms with Gasteiger partial charge in [0.25, 0.3) is 5.91 Å². The summed E-state index contributed by atoms with van der Waals surface area (Å²) < 4.78 is 11.1. The van der Waals surface area contributed by atoms with E-state index in [0.29, 0.717) is 43.5 Å². The summed E-state index contributed by atoms with van der Waals surface area (Å²) in [6, 6.07) is 7.89. The minimum atomic E-state index is -0.134. The van der Waals surface area contributed by atoms with Gasteiger partial charge < -0.3 is 14.2 Å². The summed E-state index contributed by atoms with van der Waals surface area (Å²) in [5.41, 5.74) is 1.50. The lowest BCUT2D eigenvalue weighted by Gasteiger charge is -2.36. The number of carbonyl (C=O) groups is 1. The van der Waals surface area contributed by atoms with Crippen molar-refractivity contribution in [1.29, 1.82) is 0 Å². The number of hydrogen-bond donors (Lipinski definition) is 0. The Bertz CT molecular complexity index is 922. The van der Waals surface area contributed by atoms with Gasteiger partial charge in [0, 0.05) is 31.9 Å². The Hall–Kier alpha value is -3.29. The first-order chi connectivity index (χ1) is 13.2. The summed E-state index contributed by atoms with van der Waals surface area (Å²) >= 11 is 0. The van der Waals surface area contributed by atoms with Gasteiger partial charge in [-0.1, -0.05) is 17.3 Å². The maximum Gasteiger partial charge on any atom is 0.274 e. The zero-order valence-corrected chi connectivity index (χ0v) is 14.9. The van der Waals surface area contributed by atoms with E-state index in [1.807, 2.05) is 31.2 Å². The van der Waals surface area contributed by atoms with E-state index in [1.165, 1.54) is 12.4 Å². The largest absolute Gasteiger partial charge is 0.493 e. The van der Waals surface area contributed by atoms with E-state index in [0.717, 1.165) is 11.3 Å². The van der Waals surface area contributed by atoms with Crippen molar-refractivity contribution in [3.8, 4) is 5.75 Å². The number of likely N-dealkylation sites (tertiary alicyclic amines) is 1. The smallest absolute Gasteiger partial charge is 0.274 e. The predicted octanol–water partition coefficient (Wildman–Crippen LogP) is 2.03. The van der Waals surface area contributed by atoms with Crippen LogP contribution < -0.4 is 4.74 Å². The van der Waals surface area contributed by atoms with E-state index < -0.39 is 0 Å². The second-order valence-electron chi connectivity index (χ2n) is 6.46. The zero-order valence-electron chi connectivity index (χ0n) is 14.9. The summed E-state index contributed by atoms with van der Waals surface area (Å²) in [5, 5.41) is 4.00. The molecule has 0 aliphatic carbocycles. The fraction of sp³-hybridized carbons (Fsp3) is 0.316. The van der Waals surface area contributed by atoms with Crippen LogP contribution in [-0.2, 0) is 6.42 Å². The fourth-order valence-electron chi connectivity index (χ4n) is 2.87. The van der Waals surface area contributed by atoms with Crippen molar-refractivity contribution in [3.63, 3.8) is 0 Å². The maximum absolute atomic E-state index is 12.2. The molecule has 0 atom stereocenters. The predicted molar refractivity (Wildman–Crippen MR) is 95.4 cm³/mol. The Morgan fingerprint density at radius 3 is 3.00 bits per heavy atom. The second kappa shape index (κ2) is 7.53. The number of nitrogens with zero attached hydrogens (tertiary/aromatic N) is 5. The molecule has 8 nitrogen and oxygen atoms in total. The van der Waals surface area contributed by atoms with E-state index in [1.54, 1.807) is 11.1 Å². The quantitative estimate of drug-likeness (QED) is 0.659. The van der Waals surface area contributed by atoms with Crippen molar-refractivity contribution in [3.05, 3.63) is 65.8 Å². The van der Waals surface area contributed by atoms with Crippen molar-refractivity contribution in [1.82, 2.24) is 25.0 Å². The minimum absolute atomic E-state index is 0.0598. The molecule has 1 amide bonds. The van der Waals surface area contributed by atoms with E-state index in [9.17, 15) is 4.79 Å². The number of carbonyl (C=O) groups excluding carboxylic acids is 1. The molecule has 0 saturated carbocycles. The highest BCUT2D eigenvalue weighted by molar-refractivity contribution is 5.92. The Labute approximate surface area is 156 Å². The van der Waals surface area contributed by atoms with E-state index in [-0.39, 0.29) is 11.8 Å². The number of benzene rings is 1. The van der Waals surface area contributed by atoms with Crippen LogP contribution in [0.5, 0.6) is 5.75 Å². The van der Waals surface area contributed by atoms with Gasteiger partial charge in [0.05, 0.1) is 18.7 Å². The van der Waals surface area contributed by atoms with Crippen molar-refractivity contribution in [2.24, 2.45) is 0 Å². The molecule has 0 bridgehead atoms. The average Bonchev–Trinajstić information content (AvgIpc) is 3.09. The molecule has 1 fully saturated rings. The Kier molecular flexibility index (Phi) is 4.78. The number of ether oxygens (including phenoxy) is 1. The fourth-order valence-corrected chi connectivity index (χ4v) is 2.87. The van der Waals surface area contributed by atoms with Crippen LogP contribution in [-0.4, -0.2) is 50.6 Å². The number of aryl methyl sites for hydroxylation is 1. The first-order valence-electron chi connectivity index (χ1n) is 8.76. The normalized spacial score (nSPS) is 14.0. The SMILES string of the molecule is Cc1cccc(OCCc2noc(C3CN(C(=O)c4cnccn4)C3)n2)c1. The molecular formula is C19H19N5O3. The molecule has 0 N–H and O–H groups in total. The van der Waals surface area contributed by atoms with Gasteiger partial charge in [0.2, 0.25) is 5.89 Å². The third kappa shape index (κ3) is 3.94. The summed E-state index contributed by atoms with van der Waals surface area (Å²) in [6.07, 6.45) is 5.08. The van der Waals surface area contributed by atoms with Gasteiger partial charge >= 0.3 is 0 Å². The molecule has 8 heteroatoms. The van der Waals surface area contributed by atoms with E-state index >= 15 is 0 Å². The van der Waals surface area contributed by atoms with Crippen LogP contribution in [0, 0.1) is 6.92 Å². The van der Waals surface area contributed by atoms with Crippen LogP contribution in [0.25, 0.3) is 0 Å². The van der Waals surface area contributed by atoms with Crippen LogP contribution in [0.4, 0.5) is 0 Å². The Morgan fingerprint density at radius 1 is 1.33 bits per heavy atom. The van der Waals surface area contributed by atoms with Crippen molar-refractivity contribution < 1.29 is 14.1 Å². The average molecular weight is 365 g/mol. The van der Waals surface area contributed by atoms with Crippen LogP contribution in [0.2, 0.25) is 0 Å². The molecule has 27 heavy (non-hydrogen) atoms. The molecule has 0 spiro atoms. The van der Waals surface area contributed by atoms with Gasteiger partial charge in [0.15, 0.2) is 5.82 Å². The molecule has 2 aromatic heterocycles. The Balaban J connectivity index is 1.26. The number of rotatable bonds is 6. The topological polar surface area (TPSA) is 94.2 Å². The molecule has 0 radical (unpaired) electrons. The van der Waals surface area contributed by atoms with Gasteiger partial charge in [-0.05, 0) is 24.6 Å². The number of aromatic nitrogens is 4. The first kappa shape index (κ1) is 17.1. The molecule has 3 aromatic rings. The maximum atomic E-state index is 12.2. The van der Waals surface area contributed by atoms with Crippen molar-refractivity contribution in [2.45, 2.75) is 19.3 Å². The van der Waals surface area contributed by atoms with Crippen LogP contribution >= 0.6 is 0 Å². The number of hydrogen-bond acceptors (Lipinski definition) is 7. The molecule has 3 heterocycles. The lowest BCUT2D eigenvalue weighted by atomic mass is 10.00. The summed E-state index contributed by atoms with van der Waals surface area (Å²) in [4.78, 5) is 26.3. The molecule has 0 unspecified atom stereocenters. The highest BCUT2D eigenvalue weighted by atomic mass is 16.5. The van der Waals surface area contributed by atoms with Gasteiger partial charge in [-0.25, -0.2) is 4.98 Å². The lowest BCUT2D eigenvalue weighted by Crippen LogP contribution is -2.48. The van der Waals surface area contributed by atoms with Gasteiger partial charge in [-0.3, -0.25) is 9.78 Å². The molecule has 1 saturated heterocycles. The van der Waals surface area contributed by atoms with E-state index in [4.69, 9.17) is 9.26 Å². The first-order valence-corrected chi connectivity index (χ1v) is 8.76.